The van der Waals surface area contributed by atoms with Crippen LogP contribution in [0.5, 0.6) is 0 Å². The van der Waals surface area contributed by atoms with E-state index in [1.807, 2.05) is 26.8 Å². The number of anilines is 2. The number of nitrogens with one attached hydrogen (secondary N) is 1. The van der Waals surface area contributed by atoms with Crippen LogP contribution in [0.1, 0.15) is 49.5 Å². The molecular weight excluding hydrogens is 410 g/mol. The molecule has 1 aromatic carbocycles. The standard InChI is InChI=1S/C22H27N7O3/c1-22(2,3)32-21(31)26-15-8-10-29(11-9-15)19(30)14-6-4-13(5-7-14)17-16(12-23)18(24)28-20(25)27-17/h4-7,15H,8-11H2,1-3H3,(H,26,31)(H4,24,25,27,28). The number of likely N-dealkylation sites (tertiary alicyclic amines) is 1. The second-order valence-corrected chi connectivity index (χ2v) is 8.59. The summed E-state index contributed by atoms with van der Waals surface area (Å²) in [4.78, 5) is 34.5. The van der Waals surface area contributed by atoms with Crippen LogP contribution in [0, 0.1) is 11.3 Å². The number of nitriles is 1. The molecule has 3 rings (SSSR count). The Balaban J connectivity index is 1.63. The van der Waals surface area contributed by atoms with E-state index in [2.05, 4.69) is 15.3 Å². The molecule has 0 aliphatic carbocycles. The van der Waals surface area contributed by atoms with Crippen LogP contribution in [0.3, 0.4) is 0 Å². The van der Waals surface area contributed by atoms with Crippen molar-refractivity contribution in [1.82, 2.24) is 20.2 Å². The number of carbonyl (C=O) groups excluding carboxylic acids is 2. The van der Waals surface area contributed by atoms with Crippen LogP contribution in [0.15, 0.2) is 24.3 Å². The molecule has 5 N–H and O–H groups in total. The first-order valence-electron chi connectivity index (χ1n) is 10.3. The van der Waals surface area contributed by atoms with Crippen LogP contribution in [0.2, 0.25) is 0 Å². The predicted octanol–water partition coefficient (Wildman–Crippen LogP) is 2.31. The van der Waals surface area contributed by atoms with E-state index in [1.54, 1.807) is 29.2 Å². The van der Waals surface area contributed by atoms with Gasteiger partial charge in [-0.3, -0.25) is 4.79 Å². The SMILES string of the molecule is CC(C)(C)OC(=O)NC1CCN(C(=O)c2ccc(-c3nc(N)nc(N)c3C#N)cc2)CC1. The summed E-state index contributed by atoms with van der Waals surface area (Å²) < 4.78 is 5.29. The third-order valence-electron chi connectivity index (χ3n) is 4.97. The molecule has 2 aromatic rings. The Morgan fingerprint density at radius 1 is 1.16 bits per heavy atom. The molecule has 1 fully saturated rings. The number of hydrogen-bond donors (Lipinski definition) is 3. The lowest BCUT2D eigenvalue weighted by Gasteiger charge is -2.33. The van der Waals surface area contributed by atoms with E-state index >= 15 is 0 Å². The van der Waals surface area contributed by atoms with Crippen molar-refractivity contribution in [3.63, 3.8) is 0 Å². The number of ether oxygens (including phenoxy) is 1. The van der Waals surface area contributed by atoms with E-state index in [0.717, 1.165) is 0 Å². The highest BCUT2D eigenvalue weighted by Gasteiger charge is 2.26. The molecule has 0 bridgehead atoms. The maximum atomic E-state index is 12.9. The number of nitrogens with two attached hydrogens (primary N) is 2. The number of rotatable bonds is 3. The van der Waals surface area contributed by atoms with E-state index in [0.29, 0.717) is 42.8 Å². The molecule has 32 heavy (non-hydrogen) atoms. The summed E-state index contributed by atoms with van der Waals surface area (Å²) in [7, 11) is 0. The fourth-order valence-corrected chi connectivity index (χ4v) is 3.47. The van der Waals surface area contributed by atoms with Gasteiger partial charge in [-0.15, -0.1) is 0 Å². The minimum Gasteiger partial charge on any atom is -0.444 e. The molecule has 1 aliphatic heterocycles. The van der Waals surface area contributed by atoms with Crippen LogP contribution in [0.4, 0.5) is 16.6 Å². The summed E-state index contributed by atoms with van der Waals surface area (Å²) >= 11 is 0. The third kappa shape index (κ3) is 5.43. The van der Waals surface area contributed by atoms with Gasteiger partial charge in [0.2, 0.25) is 5.95 Å². The minimum atomic E-state index is -0.551. The smallest absolute Gasteiger partial charge is 0.407 e. The molecule has 0 saturated carbocycles. The van der Waals surface area contributed by atoms with Crippen molar-refractivity contribution in [2.75, 3.05) is 24.6 Å². The van der Waals surface area contributed by atoms with Crippen LogP contribution in [-0.4, -0.2) is 51.6 Å². The number of nitrogens with zero attached hydrogens (tertiary/aromatic N) is 4. The van der Waals surface area contributed by atoms with Gasteiger partial charge in [0, 0.05) is 30.3 Å². The molecule has 0 atom stereocenters. The van der Waals surface area contributed by atoms with E-state index in [-0.39, 0.29) is 29.3 Å². The number of aromatic nitrogens is 2. The lowest BCUT2D eigenvalue weighted by molar-refractivity contribution is 0.0473. The second-order valence-electron chi connectivity index (χ2n) is 8.59. The monoisotopic (exact) mass is 437 g/mol. The Bertz CT molecular complexity index is 1050. The Labute approximate surface area is 186 Å². The third-order valence-corrected chi connectivity index (χ3v) is 4.97. The molecule has 0 spiro atoms. The van der Waals surface area contributed by atoms with Crippen LogP contribution >= 0.6 is 0 Å². The van der Waals surface area contributed by atoms with Crippen molar-refractivity contribution >= 4 is 23.8 Å². The average molecular weight is 438 g/mol. The summed E-state index contributed by atoms with van der Waals surface area (Å²) in [5.74, 6) is -0.118. The quantitative estimate of drug-likeness (QED) is 0.659. The van der Waals surface area contributed by atoms with Crippen LogP contribution < -0.4 is 16.8 Å². The molecule has 168 valence electrons. The van der Waals surface area contributed by atoms with Gasteiger partial charge in [0.05, 0.1) is 5.69 Å². The van der Waals surface area contributed by atoms with E-state index in [4.69, 9.17) is 16.2 Å². The maximum Gasteiger partial charge on any atom is 0.407 e. The number of carbonyl (C=O) groups is 2. The summed E-state index contributed by atoms with van der Waals surface area (Å²) in [6, 6.07) is 8.71. The molecule has 10 heteroatoms. The zero-order chi connectivity index (χ0) is 23.5. The van der Waals surface area contributed by atoms with Gasteiger partial charge in [0.25, 0.3) is 5.91 Å². The van der Waals surface area contributed by atoms with E-state index < -0.39 is 11.7 Å². The van der Waals surface area contributed by atoms with Gasteiger partial charge >= 0.3 is 6.09 Å². The number of nitrogen functional groups attached to an aromatic ring is 2. The number of piperidine rings is 1. The van der Waals surface area contributed by atoms with Crippen molar-refractivity contribution < 1.29 is 14.3 Å². The van der Waals surface area contributed by atoms with Gasteiger partial charge in [-0.05, 0) is 45.7 Å². The Kier molecular flexibility index (Phi) is 6.48. The molecule has 10 nitrogen and oxygen atoms in total. The second kappa shape index (κ2) is 9.09. The summed E-state index contributed by atoms with van der Waals surface area (Å²) in [5, 5.41) is 12.2. The van der Waals surface area contributed by atoms with E-state index in [1.165, 1.54) is 0 Å². The number of hydrogen-bond acceptors (Lipinski definition) is 8. The van der Waals surface area contributed by atoms with Gasteiger partial charge in [-0.1, -0.05) is 12.1 Å². The molecule has 1 aliphatic rings. The van der Waals surface area contributed by atoms with Crippen LogP contribution in [-0.2, 0) is 4.74 Å². The van der Waals surface area contributed by atoms with E-state index in [9.17, 15) is 14.9 Å². The fraction of sp³-hybridized carbons (Fsp3) is 0.409. The number of benzene rings is 1. The van der Waals surface area contributed by atoms with Crippen molar-refractivity contribution in [2.45, 2.75) is 45.3 Å². The molecule has 1 aromatic heterocycles. The van der Waals surface area contributed by atoms with Gasteiger partial charge < -0.3 is 26.4 Å². The fourth-order valence-electron chi connectivity index (χ4n) is 3.47. The number of alkyl carbamates (subject to hydrolysis) is 1. The average Bonchev–Trinajstić information content (AvgIpc) is 2.72. The molecule has 1 saturated heterocycles. The molecule has 2 heterocycles. The maximum absolute atomic E-state index is 12.9. The summed E-state index contributed by atoms with van der Waals surface area (Å²) in [6.45, 7) is 6.50. The highest BCUT2D eigenvalue weighted by Crippen LogP contribution is 2.26. The van der Waals surface area contributed by atoms with Crippen molar-refractivity contribution in [1.29, 1.82) is 5.26 Å². The Morgan fingerprint density at radius 2 is 1.78 bits per heavy atom. The first kappa shape index (κ1) is 22.8. The first-order chi connectivity index (χ1) is 15.1. The molecule has 2 amide bonds. The van der Waals surface area contributed by atoms with Gasteiger partial charge in [0.15, 0.2) is 0 Å². The highest BCUT2D eigenvalue weighted by atomic mass is 16.6. The van der Waals surface area contributed by atoms with Gasteiger partial charge in [-0.2, -0.15) is 10.2 Å². The van der Waals surface area contributed by atoms with Gasteiger partial charge in [-0.25, -0.2) is 9.78 Å². The molecule has 0 unspecified atom stereocenters. The molecule has 0 radical (unpaired) electrons. The zero-order valence-corrected chi connectivity index (χ0v) is 18.4. The summed E-state index contributed by atoms with van der Waals surface area (Å²) in [6.07, 6.45) is 0.850. The molecular formula is C22H27N7O3. The predicted molar refractivity (Wildman–Crippen MR) is 119 cm³/mol. The largest absolute Gasteiger partial charge is 0.444 e. The lowest BCUT2D eigenvalue weighted by Crippen LogP contribution is -2.47. The summed E-state index contributed by atoms with van der Waals surface area (Å²) in [5.41, 5.74) is 12.5. The van der Waals surface area contributed by atoms with Crippen molar-refractivity contribution in [3.8, 4) is 17.3 Å². The Morgan fingerprint density at radius 3 is 2.34 bits per heavy atom. The van der Waals surface area contributed by atoms with Gasteiger partial charge in [0.1, 0.15) is 23.1 Å². The zero-order valence-electron chi connectivity index (χ0n) is 18.4. The Hall–Kier alpha value is -3.87. The minimum absolute atomic E-state index is 0.0121. The topological polar surface area (TPSA) is 160 Å². The first-order valence-corrected chi connectivity index (χ1v) is 10.3. The lowest BCUT2D eigenvalue weighted by atomic mass is 10.0. The van der Waals surface area contributed by atoms with Crippen molar-refractivity contribution in [3.05, 3.63) is 35.4 Å². The number of amides is 2. The highest BCUT2D eigenvalue weighted by molar-refractivity contribution is 5.95. The van der Waals surface area contributed by atoms with Crippen molar-refractivity contribution in [2.24, 2.45) is 0 Å². The van der Waals surface area contributed by atoms with Crippen LogP contribution in [0.25, 0.3) is 11.3 Å². The normalized spacial score (nSPS) is 14.5.